The first kappa shape index (κ1) is 30.6. The molecular weight excluding hydrogens is 521 g/mol. The Morgan fingerprint density at radius 3 is 2.00 bits per heavy atom. The first-order valence-corrected chi connectivity index (χ1v) is 12.8. The van der Waals surface area contributed by atoms with Crippen LogP contribution >= 0.6 is 0 Å². The normalized spacial score (nSPS) is 12.5. The smallest absolute Gasteiger partial charge is 0.243 e. The zero-order valence-corrected chi connectivity index (χ0v) is 23.6. The van der Waals surface area contributed by atoms with Crippen molar-refractivity contribution in [3.8, 4) is 17.2 Å². The molecule has 0 saturated heterocycles. The third-order valence-corrected chi connectivity index (χ3v) is 6.51. The van der Waals surface area contributed by atoms with Crippen LogP contribution in [0, 0.1) is 18.7 Å². The zero-order valence-electron chi connectivity index (χ0n) is 23.6. The van der Waals surface area contributed by atoms with Gasteiger partial charge < -0.3 is 19.5 Å². The van der Waals surface area contributed by atoms with Gasteiger partial charge in [-0.3, -0.25) is 9.59 Å². The van der Waals surface area contributed by atoms with Crippen molar-refractivity contribution in [2.75, 3.05) is 21.3 Å². The van der Waals surface area contributed by atoms with Crippen molar-refractivity contribution in [3.63, 3.8) is 0 Å². The molecule has 7 heteroatoms. The first-order valence-electron chi connectivity index (χ1n) is 12.8. The molecule has 3 rings (SSSR count). The van der Waals surface area contributed by atoms with E-state index in [1.54, 1.807) is 51.7 Å². The molecule has 0 bridgehead atoms. The fraction of sp³-hybridized carbons (Fsp3) is 0.176. The number of rotatable bonds is 13. The molecule has 2 atom stereocenters. The second-order valence-corrected chi connectivity index (χ2v) is 9.21. The monoisotopic (exact) mass is 555 g/mol. The molecule has 0 aliphatic heterocycles. The molecule has 0 saturated carbocycles. The fourth-order valence-corrected chi connectivity index (χ4v) is 4.35. The number of carbonyl (C=O) groups is 2. The van der Waals surface area contributed by atoms with Crippen molar-refractivity contribution < 1.29 is 28.2 Å². The lowest BCUT2D eigenvalue weighted by atomic mass is 9.83. The largest absolute Gasteiger partial charge is 0.496 e. The summed E-state index contributed by atoms with van der Waals surface area (Å²) in [5.41, 5.74) is 3.47. The van der Waals surface area contributed by atoms with Gasteiger partial charge in [-0.1, -0.05) is 55.7 Å². The Balaban J connectivity index is 2.04. The number of carbonyl (C=O) groups excluding carboxylic acids is 2. The van der Waals surface area contributed by atoms with Crippen LogP contribution in [-0.2, 0) is 9.59 Å². The molecule has 1 amide bonds. The number of halogens is 1. The summed E-state index contributed by atoms with van der Waals surface area (Å²) >= 11 is 0. The standard InChI is InChI=1S/C34H34FNO5/c1-7-32(38)36-34(26-13-15-27(35)16-14-26)33(28(37)17-10-24-11-18-29(39-4)23(3)20-24)22(2)8-9-25-12-19-30(40-5)31(21-25)41-6/h7-21,33-34H,1-2H2,3-6H3,(H,36,38)/b9-8+,17-10+. The van der Waals surface area contributed by atoms with Crippen LogP contribution in [0.15, 0.2) is 97.6 Å². The summed E-state index contributed by atoms with van der Waals surface area (Å²) in [7, 11) is 4.70. The number of ether oxygens (including phenoxy) is 3. The number of ketones is 1. The lowest BCUT2D eigenvalue weighted by molar-refractivity contribution is -0.120. The molecule has 2 unspecified atom stereocenters. The van der Waals surface area contributed by atoms with Gasteiger partial charge in [-0.05, 0) is 83.3 Å². The second kappa shape index (κ2) is 14.5. The molecule has 3 aromatic carbocycles. The third kappa shape index (κ3) is 8.05. The average Bonchev–Trinajstić information content (AvgIpc) is 2.98. The van der Waals surface area contributed by atoms with Crippen LogP contribution in [0.5, 0.6) is 17.2 Å². The van der Waals surface area contributed by atoms with E-state index in [9.17, 15) is 14.0 Å². The summed E-state index contributed by atoms with van der Waals surface area (Å²) in [5.74, 6) is -0.276. The maximum atomic E-state index is 13.8. The van der Waals surface area contributed by atoms with Crippen LogP contribution < -0.4 is 19.5 Å². The van der Waals surface area contributed by atoms with Gasteiger partial charge in [0.1, 0.15) is 11.6 Å². The quantitative estimate of drug-likeness (QED) is 0.188. The minimum atomic E-state index is -0.920. The number of hydrogen-bond donors (Lipinski definition) is 1. The molecule has 0 aliphatic rings. The van der Waals surface area contributed by atoms with E-state index in [4.69, 9.17) is 14.2 Å². The summed E-state index contributed by atoms with van der Waals surface area (Å²) in [5, 5.41) is 2.84. The van der Waals surface area contributed by atoms with Crippen LogP contribution in [0.2, 0.25) is 0 Å². The summed E-state index contributed by atoms with van der Waals surface area (Å²) in [6, 6.07) is 15.8. The summed E-state index contributed by atoms with van der Waals surface area (Å²) < 4.78 is 29.8. The van der Waals surface area contributed by atoms with E-state index in [1.165, 1.54) is 30.3 Å². The van der Waals surface area contributed by atoms with E-state index >= 15 is 0 Å². The molecule has 0 radical (unpaired) electrons. The lowest BCUT2D eigenvalue weighted by Crippen LogP contribution is -2.36. The van der Waals surface area contributed by atoms with Gasteiger partial charge in [0, 0.05) is 0 Å². The Morgan fingerprint density at radius 1 is 0.829 bits per heavy atom. The molecule has 1 N–H and O–H groups in total. The van der Waals surface area contributed by atoms with Crippen LogP contribution in [0.25, 0.3) is 12.2 Å². The van der Waals surface area contributed by atoms with Crippen molar-refractivity contribution in [2.24, 2.45) is 5.92 Å². The van der Waals surface area contributed by atoms with Gasteiger partial charge in [0.05, 0.1) is 33.3 Å². The van der Waals surface area contributed by atoms with Crippen molar-refractivity contribution in [2.45, 2.75) is 13.0 Å². The maximum Gasteiger partial charge on any atom is 0.243 e. The number of methoxy groups -OCH3 is 3. The summed E-state index contributed by atoms with van der Waals surface area (Å²) in [4.78, 5) is 26.3. The SMILES string of the molecule is C=CC(=O)NC(c1ccc(F)cc1)C(C(=C)/C=C/c1ccc(OC)c(OC)c1)C(=O)/C=C/c1ccc(OC)c(C)c1. The fourth-order valence-electron chi connectivity index (χ4n) is 4.35. The van der Waals surface area contributed by atoms with Gasteiger partial charge in [0.2, 0.25) is 5.91 Å². The minimum Gasteiger partial charge on any atom is -0.496 e. The molecule has 41 heavy (non-hydrogen) atoms. The van der Waals surface area contributed by atoms with Crippen molar-refractivity contribution in [3.05, 3.63) is 126 Å². The van der Waals surface area contributed by atoms with Gasteiger partial charge in [-0.25, -0.2) is 4.39 Å². The van der Waals surface area contributed by atoms with Crippen molar-refractivity contribution >= 4 is 23.8 Å². The number of aryl methyl sites for hydroxylation is 1. The highest BCUT2D eigenvalue weighted by molar-refractivity contribution is 5.99. The number of hydrogen-bond acceptors (Lipinski definition) is 5. The van der Waals surface area contributed by atoms with Crippen molar-refractivity contribution in [1.29, 1.82) is 0 Å². The molecule has 0 fully saturated rings. The Kier molecular flexibility index (Phi) is 10.8. The highest BCUT2D eigenvalue weighted by Gasteiger charge is 2.31. The third-order valence-electron chi connectivity index (χ3n) is 6.51. The predicted octanol–water partition coefficient (Wildman–Crippen LogP) is 6.67. The van der Waals surface area contributed by atoms with Crippen LogP contribution in [0.1, 0.15) is 28.3 Å². The second-order valence-electron chi connectivity index (χ2n) is 9.21. The molecule has 3 aromatic rings. The Labute approximate surface area is 240 Å². The number of amides is 1. The van der Waals surface area contributed by atoms with Gasteiger partial charge in [0.15, 0.2) is 17.3 Å². The molecule has 0 aliphatic carbocycles. The molecule has 0 aromatic heterocycles. The molecule has 0 spiro atoms. The van der Waals surface area contributed by atoms with Crippen LogP contribution in [-0.4, -0.2) is 33.0 Å². The molecule has 212 valence electrons. The number of allylic oxidation sites excluding steroid dienone is 2. The van der Waals surface area contributed by atoms with Crippen LogP contribution in [0.3, 0.4) is 0 Å². The van der Waals surface area contributed by atoms with Crippen LogP contribution in [0.4, 0.5) is 4.39 Å². The average molecular weight is 556 g/mol. The zero-order chi connectivity index (χ0) is 29.9. The Morgan fingerprint density at radius 2 is 1.41 bits per heavy atom. The minimum absolute atomic E-state index is 0.306. The van der Waals surface area contributed by atoms with Gasteiger partial charge >= 0.3 is 0 Å². The van der Waals surface area contributed by atoms with E-state index in [0.29, 0.717) is 22.6 Å². The lowest BCUT2D eigenvalue weighted by Gasteiger charge is -2.27. The van der Waals surface area contributed by atoms with Gasteiger partial charge in [-0.2, -0.15) is 0 Å². The molecule has 6 nitrogen and oxygen atoms in total. The summed E-state index contributed by atoms with van der Waals surface area (Å²) in [6.07, 6.45) is 7.78. The number of benzene rings is 3. The van der Waals surface area contributed by atoms with E-state index in [2.05, 4.69) is 18.5 Å². The Bertz CT molecular complexity index is 1470. The van der Waals surface area contributed by atoms with E-state index in [-0.39, 0.29) is 5.78 Å². The Hall–Kier alpha value is -4.91. The van der Waals surface area contributed by atoms with Gasteiger partial charge in [-0.15, -0.1) is 0 Å². The van der Waals surface area contributed by atoms with Crippen molar-refractivity contribution in [1.82, 2.24) is 5.32 Å². The van der Waals surface area contributed by atoms with E-state index in [1.807, 2.05) is 31.2 Å². The maximum absolute atomic E-state index is 13.8. The first-order chi connectivity index (χ1) is 19.7. The topological polar surface area (TPSA) is 73.9 Å². The van der Waals surface area contributed by atoms with Gasteiger partial charge in [0.25, 0.3) is 0 Å². The predicted molar refractivity (Wildman–Crippen MR) is 160 cm³/mol. The van der Waals surface area contributed by atoms with E-state index in [0.717, 1.165) is 28.5 Å². The molecule has 0 heterocycles. The highest BCUT2D eigenvalue weighted by atomic mass is 19.1. The summed E-state index contributed by atoms with van der Waals surface area (Å²) in [6.45, 7) is 9.64. The molecular formula is C34H34FNO5. The number of nitrogens with one attached hydrogen (secondary N) is 1. The van der Waals surface area contributed by atoms with E-state index < -0.39 is 23.7 Å². The highest BCUT2D eigenvalue weighted by Crippen LogP contribution is 2.32.